The number of rotatable bonds is 11. The number of aryl methyl sites for hydroxylation is 1. The van der Waals surface area contributed by atoms with E-state index >= 15 is 0 Å². The Labute approximate surface area is 220 Å². The molecule has 3 N–H and O–H groups in total. The van der Waals surface area contributed by atoms with Crippen LogP contribution in [0.3, 0.4) is 0 Å². The van der Waals surface area contributed by atoms with Crippen LogP contribution < -0.4 is 20.5 Å². The molecule has 7 nitrogen and oxygen atoms in total. The molecule has 1 atom stereocenters. The minimum Gasteiger partial charge on any atom is -0.497 e. The van der Waals surface area contributed by atoms with E-state index in [1.807, 2.05) is 0 Å². The van der Waals surface area contributed by atoms with Gasteiger partial charge in [-0.1, -0.05) is 38.2 Å². The average molecular weight is 534 g/mol. The number of benzene rings is 2. The number of nitrogens with one attached hydrogen (secondary N) is 1. The van der Waals surface area contributed by atoms with Gasteiger partial charge < -0.3 is 15.2 Å². The smallest absolute Gasteiger partial charge is 0.231 e. The van der Waals surface area contributed by atoms with E-state index < -0.39 is 41.4 Å². The van der Waals surface area contributed by atoms with Crippen molar-refractivity contribution in [2.75, 3.05) is 14.2 Å². The molecule has 38 heavy (non-hydrogen) atoms. The Bertz CT molecular complexity index is 1140. The van der Waals surface area contributed by atoms with Crippen LogP contribution in [0.5, 0.6) is 11.5 Å². The summed E-state index contributed by atoms with van der Waals surface area (Å²) in [6.45, 7) is 0. The van der Waals surface area contributed by atoms with Crippen LogP contribution in [0.2, 0.25) is 0 Å². The molecule has 10 heteroatoms. The van der Waals surface area contributed by atoms with Crippen LogP contribution in [0.1, 0.15) is 56.1 Å². The number of aliphatic imine (C=N–C) groups is 1. The summed E-state index contributed by atoms with van der Waals surface area (Å²) < 4.78 is 52.0. The summed E-state index contributed by atoms with van der Waals surface area (Å²) >= 11 is 0. The summed E-state index contributed by atoms with van der Waals surface area (Å²) in [5.41, 5.74) is 6.26. The van der Waals surface area contributed by atoms with Crippen molar-refractivity contribution < 1.29 is 32.2 Å². The van der Waals surface area contributed by atoms with Gasteiger partial charge in [0.15, 0.2) is 23.3 Å². The number of guanidine groups is 1. The van der Waals surface area contributed by atoms with Crippen LogP contribution in [0, 0.1) is 23.4 Å². The fraction of sp³-hybridized carbons (Fsp3) is 0.464. The molecule has 1 amide bonds. The van der Waals surface area contributed by atoms with Gasteiger partial charge in [0.25, 0.3) is 0 Å². The Balaban J connectivity index is 1.69. The average Bonchev–Trinajstić information content (AvgIpc) is 2.90. The molecule has 2 aromatic carbocycles. The van der Waals surface area contributed by atoms with Crippen LogP contribution in [-0.2, 0) is 22.4 Å². The number of Topliss-reactive ketones (excluding diaryl/α,β-unsaturated/α-hetero) is 1. The second-order valence-corrected chi connectivity index (χ2v) is 9.50. The van der Waals surface area contributed by atoms with Gasteiger partial charge in [-0.2, -0.15) is 0 Å². The van der Waals surface area contributed by atoms with Crippen LogP contribution in [0.25, 0.3) is 0 Å². The number of amides is 1. The number of carbonyl (C=O) groups is 2. The number of nitrogens with two attached hydrogens (primary N) is 1. The molecule has 0 spiro atoms. The van der Waals surface area contributed by atoms with Gasteiger partial charge in [0.05, 0.1) is 20.6 Å². The van der Waals surface area contributed by atoms with Crippen LogP contribution >= 0.6 is 0 Å². The maximum Gasteiger partial charge on any atom is 0.231 e. The van der Waals surface area contributed by atoms with E-state index in [-0.39, 0.29) is 29.7 Å². The van der Waals surface area contributed by atoms with E-state index in [2.05, 4.69) is 10.3 Å². The summed E-state index contributed by atoms with van der Waals surface area (Å²) in [5.74, 6) is -3.15. The Morgan fingerprint density at radius 1 is 1.03 bits per heavy atom. The highest BCUT2D eigenvalue weighted by Crippen LogP contribution is 2.29. The predicted molar refractivity (Wildman–Crippen MR) is 138 cm³/mol. The third-order valence-electron chi connectivity index (χ3n) is 6.78. The first-order valence-electron chi connectivity index (χ1n) is 12.7. The fourth-order valence-corrected chi connectivity index (χ4v) is 4.70. The van der Waals surface area contributed by atoms with Gasteiger partial charge in [0.2, 0.25) is 5.91 Å². The normalized spacial score (nSPS) is 15.1. The molecule has 0 unspecified atom stereocenters. The standard InChI is InChI=1S/C28H34F3N3O4/c1-37-19-14-22(30)20(23(31)15-19)16-27(36)34-28(32)33-24(12-17-6-4-3-5-7-17)25(35)11-9-18-8-10-21(29)26(13-18)38-2/h8,10,13-15,17,24H,3-7,9,11-12,16H2,1-2H3,(H3,32,33,34,36)/t24-/m1/s1. The van der Waals surface area contributed by atoms with Crippen molar-refractivity contribution in [2.24, 2.45) is 16.6 Å². The first-order valence-corrected chi connectivity index (χ1v) is 12.7. The van der Waals surface area contributed by atoms with Crippen molar-refractivity contribution >= 4 is 17.6 Å². The number of hydrogen-bond acceptors (Lipinski definition) is 5. The topological polar surface area (TPSA) is 103 Å². The molecule has 1 aliphatic carbocycles. The van der Waals surface area contributed by atoms with E-state index in [0.717, 1.165) is 49.8 Å². The SMILES string of the molecule is COc1cc(F)c(CC(=O)NC(N)=N[C@H](CC2CCCCC2)C(=O)CCc2ccc(F)c(OC)c2)c(F)c1. The second-order valence-electron chi connectivity index (χ2n) is 9.50. The van der Waals surface area contributed by atoms with Gasteiger partial charge in [0.1, 0.15) is 23.4 Å². The third-order valence-corrected chi connectivity index (χ3v) is 6.78. The lowest BCUT2D eigenvalue weighted by atomic mass is 9.83. The van der Waals surface area contributed by atoms with Gasteiger partial charge in [-0.05, 0) is 36.5 Å². The van der Waals surface area contributed by atoms with E-state index in [4.69, 9.17) is 15.2 Å². The zero-order chi connectivity index (χ0) is 27.7. The fourth-order valence-electron chi connectivity index (χ4n) is 4.70. The summed E-state index contributed by atoms with van der Waals surface area (Å²) in [4.78, 5) is 29.9. The maximum atomic E-state index is 14.2. The number of methoxy groups -OCH3 is 2. The molecule has 0 aliphatic heterocycles. The molecule has 0 aromatic heterocycles. The molecule has 0 saturated heterocycles. The van der Waals surface area contributed by atoms with E-state index in [1.165, 1.54) is 20.3 Å². The molecule has 1 saturated carbocycles. The zero-order valence-electron chi connectivity index (χ0n) is 21.7. The largest absolute Gasteiger partial charge is 0.497 e. The Kier molecular flexibility index (Phi) is 10.6. The maximum absolute atomic E-state index is 14.2. The lowest BCUT2D eigenvalue weighted by molar-refractivity contribution is -0.121. The molecular formula is C28H34F3N3O4. The molecule has 3 rings (SSSR count). The van der Waals surface area contributed by atoms with Crippen molar-refractivity contribution in [1.82, 2.24) is 5.32 Å². The zero-order valence-corrected chi connectivity index (χ0v) is 21.7. The van der Waals surface area contributed by atoms with Gasteiger partial charge in [-0.15, -0.1) is 0 Å². The molecule has 206 valence electrons. The molecule has 2 aromatic rings. The van der Waals surface area contributed by atoms with Crippen LogP contribution in [0.15, 0.2) is 35.3 Å². The van der Waals surface area contributed by atoms with Gasteiger partial charge in [0, 0.05) is 24.1 Å². The molecule has 0 radical (unpaired) electrons. The highest BCUT2D eigenvalue weighted by atomic mass is 19.1. The van der Waals surface area contributed by atoms with Crippen molar-refractivity contribution in [3.63, 3.8) is 0 Å². The Hall–Kier alpha value is -3.56. The Morgan fingerprint density at radius 2 is 1.71 bits per heavy atom. The lowest BCUT2D eigenvalue weighted by Crippen LogP contribution is -2.40. The summed E-state index contributed by atoms with van der Waals surface area (Å²) in [5, 5.41) is 2.34. The van der Waals surface area contributed by atoms with Crippen molar-refractivity contribution in [3.8, 4) is 11.5 Å². The van der Waals surface area contributed by atoms with E-state index in [1.54, 1.807) is 12.1 Å². The molecular weight excluding hydrogens is 499 g/mol. The van der Waals surface area contributed by atoms with E-state index in [9.17, 15) is 22.8 Å². The van der Waals surface area contributed by atoms with E-state index in [0.29, 0.717) is 18.8 Å². The van der Waals surface area contributed by atoms with Crippen molar-refractivity contribution in [2.45, 2.75) is 63.8 Å². The molecule has 1 aliphatic rings. The first-order chi connectivity index (χ1) is 18.2. The number of hydrogen-bond donors (Lipinski definition) is 2. The molecule has 0 bridgehead atoms. The summed E-state index contributed by atoms with van der Waals surface area (Å²) in [6, 6.07) is 5.62. The van der Waals surface area contributed by atoms with Gasteiger partial charge in [-0.3, -0.25) is 14.9 Å². The monoisotopic (exact) mass is 533 g/mol. The van der Waals surface area contributed by atoms with Crippen molar-refractivity contribution in [3.05, 3.63) is 58.9 Å². The quantitative estimate of drug-likeness (QED) is 0.324. The minimum atomic E-state index is -0.921. The molecule has 0 heterocycles. The van der Waals surface area contributed by atoms with Gasteiger partial charge in [-0.25, -0.2) is 18.2 Å². The lowest BCUT2D eigenvalue weighted by Gasteiger charge is -2.24. The highest BCUT2D eigenvalue weighted by Gasteiger charge is 2.25. The van der Waals surface area contributed by atoms with Crippen molar-refractivity contribution in [1.29, 1.82) is 0 Å². The first kappa shape index (κ1) is 29.0. The molecule has 1 fully saturated rings. The predicted octanol–water partition coefficient (Wildman–Crippen LogP) is 4.64. The second kappa shape index (κ2) is 13.8. The van der Waals surface area contributed by atoms with Crippen LogP contribution in [0.4, 0.5) is 13.2 Å². The number of ketones is 1. The van der Waals surface area contributed by atoms with Crippen LogP contribution in [-0.4, -0.2) is 37.9 Å². The number of halogens is 3. The summed E-state index contributed by atoms with van der Waals surface area (Å²) in [7, 11) is 2.65. The number of nitrogens with zero attached hydrogens (tertiary/aromatic N) is 1. The minimum absolute atomic E-state index is 0.00613. The Morgan fingerprint density at radius 3 is 2.34 bits per heavy atom. The highest BCUT2D eigenvalue weighted by molar-refractivity contribution is 5.98. The number of ether oxygens (including phenoxy) is 2. The third kappa shape index (κ3) is 8.22. The summed E-state index contributed by atoms with van der Waals surface area (Å²) in [6.07, 6.45) is 5.66. The number of carbonyl (C=O) groups excluding carboxylic acids is 2. The van der Waals surface area contributed by atoms with Gasteiger partial charge >= 0.3 is 0 Å².